The minimum Gasteiger partial charge on any atom is -0.492 e. The zero-order valence-corrected chi connectivity index (χ0v) is 9.34. The fraction of sp³-hybridized carbons (Fsp3) is 0.455. The molecule has 1 aromatic rings. The minimum atomic E-state index is 0.0911. The van der Waals surface area contributed by atoms with Gasteiger partial charge in [-0.3, -0.25) is 0 Å². The Bertz CT molecular complexity index is 301. The Labute approximate surface area is 90.0 Å². The Kier molecular flexibility index (Phi) is 4.23. The first-order valence-corrected chi connectivity index (χ1v) is 5.15. The predicted octanol–water partition coefficient (Wildman–Crippen LogP) is 2.76. The van der Waals surface area contributed by atoms with E-state index < -0.39 is 0 Å². The maximum atomic E-state index is 5.85. The Morgan fingerprint density at radius 2 is 2.21 bits per heavy atom. The first-order chi connectivity index (χ1) is 6.63. The van der Waals surface area contributed by atoms with Crippen molar-refractivity contribution in [3.05, 3.63) is 28.8 Å². The molecule has 2 nitrogen and oxygen atoms in total. The van der Waals surface area contributed by atoms with Crippen LogP contribution >= 0.6 is 11.6 Å². The van der Waals surface area contributed by atoms with Crippen LogP contribution in [0.25, 0.3) is 0 Å². The molecule has 0 radical (unpaired) electrons. The number of aryl methyl sites for hydroxylation is 1. The molecule has 0 amide bonds. The molecule has 0 aliphatic rings. The number of ether oxygens (including phenoxy) is 1. The lowest BCUT2D eigenvalue weighted by molar-refractivity contribution is 0.284. The highest BCUT2D eigenvalue weighted by Crippen LogP contribution is 2.22. The maximum absolute atomic E-state index is 5.85. The first kappa shape index (κ1) is 11.3. The summed E-state index contributed by atoms with van der Waals surface area (Å²) in [6, 6.07) is 5.70. The highest BCUT2D eigenvalue weighted by molar-refractivity contribution is 6.30. The zero-order valence-electron chi connectivity index (χ0n) is 8.59. The Balaban J connectivity index is 2.62. The Hall–Kier alpha value is -0.730. The molecule has 1 unspecified atom stereocenters. The normalized spacial score (nSPS) is 12.6. The highest BCUT2D eigenvalue weighted by atomic mass is 35.5. The van der Waals surface area contributed by atoms with E-state index in [9.17, 15) is 0 Å². The molecule has 0 heterocycles. The molecule has 0 aliphatic carbocycles. The van der Waals surface area contributed by atoms with Gasteiger partial charge in [0.05, 0.1) is 0 Å². The quantitative estimate of drug-likeness (QED) is 0.835. The molecular formula is C11H16ClNO. The third kappa shape index (κ3) is 3.20. The molecule has 0 spiro atoms. The van der Waals surface area contributed by atoms with Crippen molar-refractivity contribution in [2.75, 3.05) is 6.61 Å². The summed E-state index contributed by atoms with van der Waals surface area (Å²) in [5.74, 6) is 0.821. The van der Waals surface area contributed by atoms with Crippen molar-refractivity contribution in [3.8, 4) is 5.75 Å². The van der Waals surface area contributed by atoms with Gasteiger partial charge in [0.2, 0.25) is 0 Å². The smallest absolute Gasteiger partial charge is 0.123 e. The number of rotatable bonds is 4. The van der Waals surface area contributed by atoms with Crippen molar-refractivity contribution in [1.82, 2.24) is 0 Å². The van der Waals surface area contributed by atoms with Crippen molar-refractivity contribution in [2.24, 2.45) is 5.73 Å². The van der Waals surface area contributed by atoms with Gasteiger partial charge in [0.15, 0.2) is 0 Å². The molecule has 0 saturated heterocycles. The molecule has 0 aromatic heterocycles. The average molecular weight is 214 g/mol. The minimum absolute atomic E-state index is 0.0911. The molecule has 0 bridgehead atoms. The summed E-state index contributed by atoms with van der Waals surface area (Å²) >= 11 is 5.85. The molecule has 1 rings (SSSR count). The summed E-state index contributed by atoms with van der Waals surface area (Å²) in [6.45, 7) is 4.57. The molecule has 3 heteroatoms. The van der Waals surface area contributed by atoms with Gasteiger partial charge >= 0.3 is 0 Å². The van der Waals surface area contributed by atoms with Gasteiger partial charge in [-0.05, 0) is 31.0 Å². The summed E-state index contributed by atoms with van der Waals surface area (Å²) < 4.78 is 5.56. The molecule has 0 fully saturated rings. The second-order valence-corrected chi connectivity index (χ2v) is 3.83. The van der Waals surface area contributed by atoms with E-state index in [4.69, 9.17) is 22.1 Å². The standard InChI is InChI=1S/C11H16ClNO/c1-3-10(13)7-14-11-6-9(12)5-4-8(11)2/h4-6,10H,3,7,13H2,1-2H3. The summed E-state index contributed by atoms with van der Waals surface area (Å²) in [5, 5.41) is 0.690. The van der Waals surface area contributed by atoms with Crippen molar-refractivity contribution in [3.63, 3.8) is 0 Å². The van der Waals surface area contributed by atoms with Crippen molar-refractivity contribution in [1.29, 1.82) is 0 Å². The molecular weight excluding hydrogens is 198 g/mol. The second kappa shape index (κ2) is 5.23. The molecule has 1 atom stereocenters. The fourth-order valence-electron chi connectivity index (χ4n) is 1.04. The van der Waals surface area contributed by atoms with E-state index in [1.54, 1.807) is 0 Å². The molecule has 0 aliphatic heterocycles. The maximum Gasteiger partial charge on any atom is 0.123 e. The van der Waals surface area contributed by atoms with Gasteiger partial charge in [-0.2, -0.15) is 0 Å². The van der Waals surface area contributed by atoms with Crippen LogP contribution in [0.3, 0.4) is 0 Å². The zero-order chi connectivity index (χ0) is 10.6. The van der Waals surface area contributed by atoms with Crippen LogP contribution in [0.4, 0.5) is 0 Å². The monoisotopic (exact) mass is 213 g/mol. The van der Waals surface area contributed by atoms with Crippen LogP contribution in [0.2, 0.25) is 5.02 Å². The van der Waals surface area contributed by atoms with E-state index in [2.05, 4.69) is 0 Å². The van der Waals surface area contributed by atoms with Crippen LogP contribution in [-0.2, 0) is 0 Å². The molecule has 78 valence electrons. The van der Waals surface area contributed by atoms with Crippen LogP contribution < -0.4 is 10.5 Å². The highest BCUT2D eigenvalue weighted by Gasteiger charge is 2.03. The Morgan fingerprint density at radius 3 is 2.86 bits per heavy atom. The summed E-state index contributed by atoms with van der Waals surface area (Å²) in [5.41, 5.74) is 6.83. The van der Waals surface area contributed by atoms with Crippen LogP contribution in [-0.4, -0.2) is 12.6 Å². The van der Waals surface area contributed by atoms with E-state index in [1.165, 1.54) is 0 Å². The summed E-state index contributed by atoms with van der Waals surface area (Å²) in [7, 11) is 0. The summed E-state index contributed by atoms with van der Waals surface area (Å²) in [4.78, 5) is 0. The molecule has 0 saturated carbocycles. The van der Waals surface area contributed by atoms with Gasteiger partial charge in [0.1, 0.15) is 12.4 Å². The van der Waals surface area contributed by atoms with Gasteiger partial charge in [0.25, 0.3) is 0 Å². The van der Waals surface area contributed by atoms with Gasteiger partial charge in [0, 0.05) is 11.1 Å². The lowest BCUT2D eigenvalue weighted by atomic mass is 10.2. The lowest BCUT2D eigenvalue weighted by Crippen LogP contribution is -2.26. The third-order valence-corrected chi connectivity index (χ3v) is 2.36. The van der Waals surface area contributed by atoms with Gasteiger partial charge in [-0.1, -0.05) is 24.6 Å². The van der Waals surface area contributed by atoms with Crippen LogP contribution in [0.5, 0.6) is 5.75 Å². The molecule has 2 N–H and O–H groups in total. The van der Waals surface area contributed by atoms with Crippen molar-refractivity contribution < 1.29 is 4.74 Å². The first-order valence-electron chi connectivity index (χ1n) is 4.78. The third-order valence-electron chi connectivity index (χ3n) is 2.13. The molecule has 14 heavy (non-hydrogen) atoms. The number of nitrogens with two attached hydrogens (primary N) is 1. The number of halogens is 1. The average Bonchev–Trinajstić information content (AvgIpc) is 2.19. The summed E-state index contributed by atoms with van der Waals surface area (Å²) in [6.07, 6.45) is 0.916. The molecule has 1 aromatic carbocycles. The Morgan fingerprint density at radius 1 is 1.50 bits per heavy atom. The lowest BCUT2D eigenvalue weighted by Gasteiger charge is -2.13. The largest absolute Gasteiger partial charge is 0.492 e. The van der Waals surface area contributed by atoms with E-state index in [-0.39, 0.29) is 6.04 Å². The number of hydrogen-bond acceptors (Lipinski definition) is 2. The van der Waals surface area contributed by atoms with E-state index in [1.807, 2.05) is 32.0 Å². The predicted molar refractivity (Wildman–Crippen MR) is 60.0 cm³/mol. The topological polar surface area (TPSA) is 35.2 Å². The van der Waals surface area contributed by atoms with Crippen LogP contribution in [0.1, 0.15) is 18.9 Å². The second-order valence-electron chi connectivity index (χ2n) is 3.39. The number of benzene rings is 1. The number of hydrogen-bond donors (Lipinski definition) is 1. The van der Waals surface area contributed by atoms with Crippen molar-refractivity contribution >= 4 is 11.6 Å². The fourth-order valence-corrected chi connectivity index (χ4v) is 1.21. The SMILES string of the molecule is CCC(N)COc1cc(Cl)ccc1C. The van der Waals surface area contributed by atoms with Gasteiger partial charge in [-0.15, -0.1) is 0 Å². The van der Waals surface area contributed by atoms with E-state index >= 15 is 0 Å². The van der Waals surface area contributed by atoms with Gasteiger partial charge in [-0.25, -0.2) is 0 Å². The van der Waals surface area contributed by atoms with Crippen molar-refractivity contribution in [2.45, 2.75) is 26.3 Å². The van der Waals surface area contributed by atoms with Crippen LogP contribution in [0, 0.1) is 6.92 Å². The van der Waals surface area contributed by atoms with E-state index in [0.717, 1.165) is 17.7 Å². The van der Waals surface area contributed by atoms with E-state index in [0.29, 0.717) is 11.6 Å². The van der Waals surface area contributed by atoms with Crippen LogP contribution in [0.15, 0.2) is 18.2 Å². The van der Waals surface area contributed by atoms with Gasteiger partial charge < -0.3 is 10.5 Å².